The van der Waals surface area contributed by atoms with Gasteiger partial charge in [0.05, 0.1) is 41.0 Å². The number of phenolic OH excluding ortho intramolecular Hbond substituents is 1. The lowest BCUT2D eigenvalue weighted by molar-refractivity contribution is -0.138. The Bertz CT molecular complexity index is 3360. The first-order chi connectivity index (χ1) is 40.9. The van der Waals surface area contributed by atoms with Gasteiger partial charge in [-0.1, -0.05) is 88.7 Å². The van der Waals surface area contributed by atoms with Crippen LogP contribution in [0.5, 0.6) is 11.8 Å². The van der Waals surface area contributed by atoms with E-state index in [1.54, 1.807) is 34.6 Å². The Morgan fingerprint density at radius 3 is 2.36 bits per heavy atom. The van der Waals surface area contributed by atoms with Crippen molar-refractivity contribution in [2.24, 2.45) is 0 Å². The van der Waals surface area contributed by atoms with E-state index in [9.17, 15) is 14.7 Å². The van der Waals surface area contributed by atoms with E-state index < -0.39 is 11.9 Å². The molecule has 6 unspecified atom stereocenters. The van der Waals surface area contributed by atoms with Gasteiger partial charge < -0.3 is 39.7 Å². The fourth-order valence-electron chi connectivity index (χ4n) is 13.4. The highest BCUT2D eigenvalue weighted by Gasteiger charge is 2.39. The lowest BCUT2D eigenvalue weighted by atomic mass is 9.95. The molecule has 13 rings (SSSR count). The molecule has 2 amide bonds. The summed E-state index contributed by atoms with van der Waals surface area (Å²) < 4.78 is 27.1. The summed E-state index contributed by atoms with van der Waals surface area (Å²) in [5.74, 6) is 1.33. The number of methoxy groups -OCH3 is 1. The van der Waals surface area contributed by atoms with Gasteiger partial charge in [-0.25, -0.2) is 9.37 Å². The third kappa shape index (κ3) is 13.2. The molecule has 6 aliphatic heterocycles. The Morgan fingerprint density at radius 2 is 1.64 bits per heavy atom. The van der Waals surface area contributed by atoms with Crippen LogP contribution in [-0.2, 0) is 22.4 Å². The molecule has 3 aromatic carbocycles. The van der Waals surface area contributed by atoms with E-state index in [-0.39, 0.29) is 47.2 Å². The number of fused-ring (bicyclic) bond motifs is 5. The van der Waals surface area contributed by atoms with Crippen molar-refractivity contribution < 1.29 is 28.3 Å². The number of hydrogen-bond donors (Lipinski definition) is 3. The van der Waals surface area contributed by atoms with E-state index in [4.69, 9.17) is 9.26 Å². The number of nitrogens with zero attached hydrogens (tertiary/aromatic N) is 10. The Hall–Kier alpha value is -6.80. The molecule has 4 aromatic heterocycles. The van der Waals surface area contributed by atoms with E-state index in [1.165, 1.54) is 52.3 Å². The number of phenols is 1. The lowest BCUT2D eigenvalue weighted by Crippen LogP contribution is -2.51. The summed E-state index contributed by atoms with van der Waals surface area (Å²) in [4.78, 5) is 57.3. The molecule has 10 heterocycles. The number of benzene rings is 3. The maximum absolute atomic E-state index is 16.2. The van der Waals surface area contributed by atoms with Crippen LogP contribution < -0.4 is 25.2 Å². The predicted octanol–water partition coefficient (Wildman–Crippen LogP) is 10.9. The number of aryl methyl sites for hydroxylation is 2. The summed E-state index contributed by atoms with van der Waals surface area (Å²) >= 11 is 1.63. The van der Waals surface area contributed by atoms with Gasteiger partial charge in [0.25, 0.3) is 0 Å². The predicted molar refractivity (Wildman–Crippen MR) is 332 cm³/mol. The summed E-state index contributed by atoms with van der Waals surface area (Å²) in [6.45, 7) is 22.8. The van der Waals surface area contributed by atoms with Gasteiger partial charge in [-0.3, -0.25) is 24.4 Å². The van der Waals surface area contributed by atoms with E-state index in [2.05, 4.69) is 100 Å². The number of carbonyl (C=O) groups excluding carboxylic acids is 2. The average molecular weight is 1170 g/mol. The zero-order chi connectivity index (χ0) is 59.0. The number of thiazole rings is 1. The first-order valence-corrected chi connectivity index (χ1v) is 31.7. The molecule has 6 aliphatic rings. The minimum absolute atomic E-state index is 0.0642. The number of piperazine rings is 2. The van der Waals surface area contributed by atoms with Crippen molar-refractivity contribution in [1.29, 1.82) is 0 Å². The third-order valence-corrected chi connectivity index (χ3v) is 18.4. The standard InChI is InChI=1S/C34H45N7O3S.C26H26FN5O2.C3H8.C2H6/c1-23(25-7-9-26(10-8-25)33-24(2)35-22-45-33)36-34(43)30-6-4-14-41(30)32(42)20-29-19-31(37-44-29)39-17-15-38(16-18-39)21-28-12-11-27-5-3-13-40(27)28;1-3-14-5-4-6-15-9-18(33)10-19(21(14)15)23-22(27)24-20(11-28-23)25(31-26(30-24)34-2)32-12-16-7-8-17(13-32)29-16;1-3-2;1-2/h7-10,19,22-23,27-28,30H,3-6,11-18,20-21H2,1-2H3,(H,36,43);4-6,9-11,16-17,29,33H,3,7-8,12-13H2,1-2H3;3H2,1-2H3;1-2H3. The molecule has 3 N–H and O–H groups in total. The Kier molecular flexibility index (Phi) is 19.7. The van der Waals surface area contributed by atoms with E-state index in [0.717, 1.165) is 121 Å². The van der Waals surface area contributed by atoms with Crippen molar-refractivity contribution >= 4 is 56.5 Å². The summed E-state index contributed by atoms with van der Waals surface area (Å²) in [6, 6.07) is 21.2. The van der Waals surface area contributed by atoms with Crippen molar-refractivity contribution in [3.8, 4) is 33.5 Å². The first kappa shape index (κ1) is 60.3. The highest BCUT2D eigenvalue weighted by atomic mass is 32.1. The van der Waals surface area contributed by atoms with Crippen LogP contribution in [0.25, 0.3) is 43.4 Å². The number of anilines is 2. The van der Waals surface area contributed by atoms with Crippen LogP contribution in [-0.4, -0.2) is 153 Å². The number of ether oxygens (including phenoxy) is 1. The van der Waals surface area contributed by atoms with Crippen molar-refractivity contribution in [3.05, 3.63) is 101 Å². The normalized spacial score (nSPS) is 21.5. The fraction of sp³-hybridized carbons (Fsp3) is 0.523. The number of rotatable bonds is 13. The van der Waals surface area contributed by atoms with Gasteiger partial charge in [0.1, 0.15) is 34.6 Å². The first-order valence-electron chi connectivity index (χ1n) is 30.8. The monoisotopic (exact) mass is 1160 g/mol. The molecule has 0 aliphatic carbocycles. The molecular formula is C65H85FN12O5S. The van der Waals surface area contributed by atoms with Gasteiger partial charge in [0.2, 0.25) is 11.8 Å². The molecule has 2 bridgehead atoms. The number of amides is 2. The summed E-state index contributed by atoms with van der Waals surface area (Å²) in [5, 5.41) is 23.7. The summed E-state index contributed by atoms with van der Waals surface area (Å²) in [5.41, 5.74) is 6.97. The van der Waals surface area contributed by atoms with Gasteiger partial charge in [-0.05, 0) is 118 Å². The van der Waals surface area contributed by atoms with Crippen LogP contribution in [0.3, 0.4) is 0 Å². The third-order valence-electron chi connectivity index (χ3n) is 17.4. The highest BCUT2D eigenvalue weighted by molar-refractivity contribution is 7.13. The van der Waals surface area contributed by atoms with Crippen LogP contribution >= 0.6 is 11.3 Å². The topological polar surface area (TPSA) is 181 Å². The SMILES string of the molecule is CC.CCC.CCc1cccc2cc(O)cc(-c3ncc4c(N5CC6CCC(C5)N6)nc(OC)nc4c3F)c12.Cc1ncsc1-c1ccc(C(C)NC(=O)C2CCCN2C(=O)Cc2cc(N3CCN(CC4CCC5CCCN54)CC3)no2)cc1. The van der Waals surface area contributed by atoms with Crippen LogP contribution in [0.4, 0.5) is 16.0 Å². The quantitative estimate of drug-likeness (QED) is 0.0991. The zero-order valence-electron chi connectivity index (χ0n) is 50.4. The van der Waals surface area contributed by atoms with Gasteiger partial charge in [0.15, 0.2) is 11.6 Å². The molecule has 448 valence electrons. The number of likely N-dealkylation sites (tertiary alicyclic amines) is 1. The molecule has 0 radical (unpaired) electrons. The van der Waals surface area contributed by atoms with Crippen LogP contribution in [0.1, 0.15) is 128 Å². The van der Waals surface area contributed by atoms with Crippen LogP contribution in [0.15, 0.2) is 76.9 Å². The number of nitrogens with one attached hydrogen (secondary N) is 2. The molecule has 19 heteroatoms. The highest BCUT2D eigenvalue weighted by Crippen LogP contribution is 2.40. The Morgan fingerprint density at radius 1 is 0.893 bits per heavy atom. The molecular weight excluding hydrogens is 1080 g/mol. The van der Waals surface area contributed by atoms with Gasteiger partial charge in [-0.2, -0.15) is 9.97 Å². The number of aromatic nitrogens is 5. The maximum Gasteiger partial charge on any atom is 0.318 e. The fourth-order valence-corrected chi connectivity index (χ4v) is 14.2. The molecule has 7 aromatic rings. The number of pyridine rings is 1. The molecule has 0 spiro atoms. The van der Waals surface area contributed by atoms with Crippen molar-refractivity contribution in [2.75, 3.05) is 75.8 Å². The zero-order valence-corrected chi connectivity index (χ0v) is 51.2. The largest absolute Gasteiger partial charge is 0.508 e. The van der Waals surface area contributed by atoms with Gasteiger partial charge in [-0.15, -0.1) is 11.3 Å². The average Bonchev–Trinajstić information content (AvgIpc) is 1.92. The minimum Gasteiger partial charge on any atom is -0.508 e. The second kappa shape index (κ2) is 27.5. The molecule has 0 saturated carbocycles. The minimum atomic E-state index is -0.546. The van der Waals surface area contributed by atoms with Gasteiger partial charge >= 0.3 is 6.01 Å². The van der Waals surface area contributed by atoms with Crippen molar-refractivity contribution in [3.63, 3.8) is 0 Å². The van der Waals surface area contributed by atoms with E-state index in [0.29, 0.717) is 47.6 Å². The smallest absolute Gasteiger partial charge is 0.318 e. The Labute approximate surface area is 498 Å². The second-order valence-corrected chi connectivity index (χ2v) is 23.9. The molecule has 6 saturated heterocycles. The Balaban J connectivity index is 0.000000180. The van der Waals surface area contributed by atoms with Gasteiger partial charge in [0, 0.05) is 94.4 Å². The molecule has 6 fully saturated rings. The number of halogens is 1. The summed E-state index contributed by atoms with van der Waals surface area (Å²) in [7, 11) is 1.49. The molecule has 6 atom stereocenters. The van der Waals surface area contributed by atoms with Crippen molar-refractivity contribution in [2.45, 2.75) is 155 Å². The number of hydrogen-bond acceptors (Lipinski definition) is 16. The summed E-state index contributed by atoms with van der Waals surface area (Å²) in [6.07, 6.45) is 13.0. The number of carbonyl (C=O) groups is 2. The van der Waals surface area contributed by atoms with Crippen molar-refractivity contribution in [1.82, 2.24) is 50.4 Å². The maximum atomic E-state index is 16.2. The van der Waals surface area contributed by atoms with E-state index >= 15 is 4.39 Å². The van der Waals surface area contributed by atoms with Crippen LogP contribution in [0, 0.1) is 12.7 Å². The lowest BCUT2D eigenvalue weighted by Gasteiger charge is -2.37. The van der Waals surface area contributed by atoms with Crippen LogP contribution in [0.2, 0.25) is 0 Å². The number of aromatic hydroxyl groups is 1. The molecule has 17 nitrogen and oxygen atoms in total. The second-order valence-electron chi connectivity index (χ2n) is 23.1. The van der Waals surface area contributed by atoms with E-state index in [1.807, 2.05) is 57.5 Å². The molecule has 84 heavy (non-hydrogen) atoms.